The predicted octanol–water partition coefficient (Wildman–Crippen LogP) is 1.51. The van der Waals surface area contributed by atoms with E-state index < -0.39 is 0 Å². The van der Waals surface area contributed by atoms with E-state index in [-0.39, 0.29) is 5.91 Å². The number of nitrogens with one attached hydrogen (secondary N) is 2. The highest BCUT2D eigenvalue weighted by Gasteiger charge is 2.09. The molecule has 2 N–H and O–H groups in total. The summed E-state index contributed by atoms with van der Waals surface area (Å²) >= 11 is 4.52. The van der Waals surface area contributed by atoms with Crippen molar-refractivity contribution in [3.63, 3.8) is 0 Å². The van der Waals surface area contributed by atoms with Gasteiger partial charge in [-0.25, -0.2) is 9.97 Å². The molecule has 1 amide bonds. The lowest BCUT2D eigenvalue weighted by Gasteiger charge is -2.01. The summed E-state index contributed by atoms with van der Waals surface area (Å²) < 4.78 is 0.899. The largest absolute Gasteiger partial charge is 0.350 e. The third kappa shape index (κ3) is 3.72. The average Bonchev–Trinajstić information content (AvgIpc) is 3.05. The summed E-state index contributed by atoms with van der Waals surface area (Å²) in [5, 5.41) is 11.8. The molecule has 0 fully saturated rings. The van der Waals surface area contributed by atoms with E-state index >= 15 is 0 Å². The molecule has 0 saturated carbocycles. The summed E-state index contributed by atoms with van der Waals surface area (Å²) in [4.78, 5) is 19.9. The Labute approximate surface area is 116 Å². The first-order valence-electron chi connectivity index (χ1n) is 5.05. The zero-order valence-corrected chi connectivity index (χ0v) is 12.0. The molecule has 18 heavy (non-hydrogen) atoms. The first kappa shape index (κ1) is 13.4. The zero-order chi connectivity index (χ0) is 12.8. The second-order valence-corrected chi connectivity index (χ2v) is 6.09. The molecule has 0 radical (unpaired) electrons. The van der Waals surface area contributed by atoms with Gasteiger partial charge in [-0.05, 0) is 6.26 Å². The number of rotatable bonds is 6. The number of hydrogen-bond donors (Lipinski definition) is 2. The van der Waals surface area contributed by atoms with Gasteiger partial charge in [0, 0.05) is 17.7 Å². The van der Waals surface area contributed by atoms with Crippen LogP contribution in [0.1, 0.15) is 10.5 Å². The highest BCUT2D eigenvalue weighted by molar-refractivity contribution is 8.00. The van der Waals surface area contributed by atoms with Crippen LogP contribution in [0.3, 0.4) is 0 Å². The zero-order valence-electron chi connectivity index (χ0n) is 9.54. The van der Waals surface area contributed by atoms with Crippen LogP contribution in [0.5, 0.6) is 0 Å². The molecule has 0 bridgehead atoms. The minimum Gasteiger partial charge on any atom is -0.350 e. The molecule has 0 aliphatic carbocycles. The molecule has 2 heterocycles. The van der Waals surface area contributed by atoms with Gasteiger partial charge < -0.3 is 5.32 Å². The lowest BCUT2D eigenvalue weighted by molar-refractivity contribution is 0.0951. The highest BCUT2D eigenvalue weighted by atomic mass is 32.2. The molecule has 0 spiro atoms. The highest BCUT2D eigenvalue weighted by Crippen LogP contribution is 2.19. The molecular weight excluding hydrogens is 290 g/mol. The maximum atomic E-state index is 11.7. The monoisotopic (exact) mass is 301 g/mol. The Morgan fingerprint density at radius 3 is 3.17 bits per heavy atom. The molecule has 2 aromatic heterocycles. The van der Waals surface area contributed by atoms with Gasteiger partial charge in [-0.3, -0.25) is 9.89 Å². The van der Waals surface area contributed by atoms with E-state index in [1.165, 1.54) is 41.2 Å². The van der Waals surface area contributed by atoms with Crippen LogP contribution in [0.15, 0.2) is 21.2 Å². The van der Waals surface area contributed by atoms with Gasteiger partial charge in [0.2, 0.25) is 0 Å². The van der Waals surface area contributed by atoms with E-state index in [1.807, 2.05) is 6.26 Å². The van der Waals surface area contributed by atoms with Gasteiger partial charge in [-0.15, -0.1) is 11.3 Å². The fourth-order valence-electron chi connectivity index (χ4n) is 1.12. The predicted molar refractivity (Wildman–Crippen MR) is 73.3 cm³/mol. The molecule has 6 nitrogen and oxygen atoms in total. The van der Waals surface area contributed by atoms with Gasteiger partial charge in [0.25, 0.3) is 5.91 Å². The molecule has 2 rings (SSSR count). The number of hydrogen-bond acceptors (Lipinski definition) is 7. The molecule has 0 aromatic carbocycles. The second-order valence-electron chi connectivity index (χ2n) is 3.10. The molecule has 0 aliphatic heterocycles. The summed E-state index contributed by atoms with van der Waals surface area (Å²) in [6, 6.07) is 0. The first-order chi connectivity index (χ1) is 8.79. The maximum Gasteiger partial charge on any atom is 0.270 e. The van der Waals surface area contributed by atoms with Crippen LogP contribution >= 0.6 is 34.9 Å². The van der Waals surface area contributed by atoms with Crippen molar-refractivity contribution in [1.29, 1.82) is 0 Å². The molecule has 9 heteroatoms. The van der Waals surface area contributed by atoms with Crippen LogP contribution in [0.25, 0.3) is 0 Å². The third-order valence-electron chi connectivity index (χ3n) is 1.91. The summed E-state index contributed by atoms with van der Waals surface area (Å²) in [7, 11) is 0. The van der Waals surface area contributed by atoms with E-state index in [4.69, 9.17) is 0 Å². The quantitative estimate of drug-likeness (QED) is 0.621. The summed E-state index contributed by atoms with van der Waals surface area (Å²) in [5.74, 6) is 0.602. The Morgan fingerprint density at radius 2 is 2.50 bits per heavy atom. The minimum absolute atomic E-state index is 0.135. The van der Waals surface area contributed by atoms with E-state index in [0.29, 0.717) is 12.2 Å². The number of thiazole rings is 1. The molecule has 2 aromatic rings. The molecule has 0 saturated heterocycles. The van der Waals surface area contributed by atoms with E-state index in [9.17, 15) is 4.79 Å². The number of nitrogens with zero attached hydrogens (tertiary/aromatic N) is 3. The van der Waals surface area contributed by atoms with E-state index in [2.05, 4.69) is 25.5 Å². The van der Waals surface area contributed by atoms with Gasteiger partial charge in [0.05, 0.1) is 0 Å². The smallest absolute Gasteiger partial charge is 0.270 e. The van der Waals surface area contributed by atoms with Gasteiger partial charge in [-0.1, -0.05) is 23.5 Å². The Morgan fingerprint density at radius 1 is 1.61 bits per heavy atom. The number of thioether (sulfide) groups is 2. The van der Waals surface area contributed by atoms with Gasteiger partial charge in [-0.2, -0.15) is 5.10 Å². The van der Waals surface area contributed by atoms with Gasteiger partial charge >= 0.3 is 0 Å². The summed E-state index contributed by atoms with van der Waals surface area (Å²) in [6.45, 7) is 0.566. The van der Waals surface area contributed by atoms with Crippen LogP contribution in [0.2, 0.25) is 0 Å². The third-order valence-corrected chi connectivity index (χ3v) is 4.65. The summed E-state index contributed by atoms with van der Waals surface area (Å²) in [5.41, 5.74) is 0.481. The van der Waals surface area contributed by atoms with Gasteiger partial charge in [0.1, 0.15) is 16.4 Å². The van der Waals surface area contributed by atoms with Crippen LogP contribution in [0.4, 0.5) is 0 Å². The standard InChI is InChI=1S/C9H11N5OS3/c1-16-9-13-6(4-18-9)7(15)10-2-3-17-8-11-5-12-14-8/h4-5H,2-3H2,1H3,(H,10,15)(H,11,12,14). The average molecular weight is 301 g/mol. The lowest BCUT2D eigenvalue weighted by atomic mass is 10.4. The molecule has 0 atom stereocenters. The van der Waals surface area contributed by atoms with Crippen molar-refractivity contribution in [2.24, 2.45) is 0 Å². The van der Waals surface area contributed by atoms with Crippen LogP contribution in [-0.2, 0) is 0 Å². The van der Waals surface area contributed by atoms with Crippen LogP contribution < -0.4 is 5.32 Å². The Bertz CT molecular complexity index is 498. The van der Waals surface area contributed by atoms with Crippen molar-refractivity contribution in [3.8, 4) is 0 Å². The second kappa shape index (κ2) is 6.76. The lowest BCUT2D eigenvalue weighted by Crippen LogP contribution is -2.26. The van der Waals surface area contributed by atoms with Crippen molar-refractivity contribution in [1.82, 2.24) is 25.5 Å². The first-order valence-corrected chi connectivity index (χ1v) is 8.14. The number of carbonyl (C=O) groups excluding carboxylic acids is 1. The molecule has 96 valence electrons. The normalized spacial score (nSPS) is 10.5. The van der Waals surface area contributed by atoms with Gasteiger partial charge in [0.15, 0.2) is 5.16 Å². The Balaban J connectivity index is 1.71. The number of carbonyl (C=O) groups is 1. The van der Waals surface area contributed by atoms with E-state index in [0.717, 1.165) is 15.2 Å². The topological polar surface area (TPSA) is 83.6 Å². The number of amides is 1. The molecular formula is C9H11N5OS3. The summed E-state index contributed by atoms with van der Waals surface area (Å²) in [6.07, 6.45) is 3.40. The Hall–Kier alpha value is -1.06. The minimum atomic E-state index is -0.135. The number of aromatic nitrogens is 4. The van der Waals surface area contributed by atoms with Crippen LogP contribution in [0, 0.1) is 0 Å². The fourth-order valence-corrected chi connectivity index (χ4v) is 3.00. The van der Waals surface area contributed by atoms with Crippen LogP contribution in [-0.4, -0.2) is 44.6 Å². The molecule has 0 aliphatic rings. The fraction of sp³-hybridized carbons (Fsp3) is 0.333. The van der Waals surface area contributed by atoms with Crippen molar-refractivity contribution >= 4 is 40.8 Å². The molecule has 0 unspecified atom stereocenters. The van der Waals surface area contributed by atoms with Crippen molar-refractivity contribution in [2.75, 3.05) is 18.6 Å². The van der Waals surface area contributed by atoms with E-state index in [1.54, 1.807) is 5.38 Å². The van der Waals surface area contributed by atoms with Crippen molar-refractivity contribution < 1.29 is 4.79 Å². The van der Waals surface area contributed by atoms with Crippen molar-refractivity contribution in [2.45, 2.75) is 9.50 Å². The Kier molecular flexibility index (Phi) is 5.02. The number of aromatic amines is 1. The van der Waals surface area contributed by atoms with Crippen molar-refractivity contribution in [3.05, 3.63) is 17.4 Å². The number of H-pyrrole nitrogens is 1. The maximum absolute atomic E-state index is 11.7. The SMILES string of the molecule is CSc1nc(C(=O)NCCSc2ncn[nH]2)cs1.